The highest BCUT2D eigenvalue weighted by molar-refractivity contribution is 8.13. The Balaban J connectivity index is 2.98. The molecule has 0 spiro atoms. The van der Waals surface area contributed by atoms with Crippen molar-refractivity contribution >= 4 is 28.5 Å². The van der Waals surface area contributed by atoms with Crippen LogP contribution in [0.5, 0.6) is 0 Å². The van der Waals surface area contributed by atoms with Crippen LogP contribution in [0.15, 0.2) is 35.5 Å². The summed E-state index contributed by atoms with van der Waals surface area (Å²) in [5.74, 6) is 0. The van der Waals surface area contributed by atoms with Gasteiger partial charge in [-0.05, 0) is 37.3 Å². The van der Waals surface area contributed by atoms with Crippen molar-refractivity contribution < 1.29 is 4.79 Å². The van der Waals surface area contributed by atoms with Crippen LogP contribution in [0, 0.1) is 11.3 Å². The molecule has 0 saturated carbocycles. The Morgan fingerprint density at radius 2 is 2.05 bits per heavy atom. The predicted molar refractivity (Wildman–Crippen MR) is 84.5 cm³/mol. The Bertz CT molecular complexity index is 546. The molecule has 0 heterocycles. The lowest BCUT2D eigenvalue weighted by Crippen LogP contribution is -2.21. The van der Waals surface area contributed by atoms with Crippen molar-refractivity contribution in [1.82, 2.24) is 5.32 Å². The topological polar surface area (TPSA) is 52.9 Å². The summed E-state index contributed by atoms with van der Waals surface area (Å²) < 4.78 is 0. The maximum absolute atomic E-state index is 11.7. The van der Waals surface area contributed by atoms with Gasteiger partial charge >= 0.3 is 0 Å². The monoisotopic (exact) mass is 308 g/mol. The second-order valence-electron chi connectivity index (χ2n) is 4.26. The Labute approximate surface area is 129 Å². The van der Waals surface area contributed by atoms with Gasteiger partial charge in [0.05, 0.1) is 6.04 Å². The molecule has 0 aliphatic rings. The number of nitriles is 1. The van der Waals surface area contributed by atoms with Gasteiger partial charge in [0.1, 0.15) is 11.6 Å². The first-order valence-electron chi connectivity index (χ1n) is 6.24. The van der Waals surface area contributed by atoms with Crippen LogP contribution in [0.1, 0.15) is 31.9 Å². The van der Waals surface area contributed by atoms with E-state index in [4.69, 9.17) is 16.9 Å². The van der Waals surface area contributed by atoms with Crippen molar-refractivity contribution in [1.29, 1.82) is 5.26 Å². The number of benzene rings is 1. The molecular formula is C15H17ClN2OS. The van der Waals surface area contributed by atoms with Crippen molar-refractivity contribution in [3.8, 4) is 6.07 Å². The zero-order valence-electron chi connectivity index (χ0n) is 11.7. The molecule has 0 aliphatic carbocycles. The van der Waals surface area contributed by atoms with Crippen LogP contribution in [-0.2, 0) is 4.79 Å². The van der Waals surface area contributed by atoms with E-state index in [9.17, 15) is 4.79 Å². The molecule has 0 aromatic heterocycles. The Morgan fingerprint density at radius 3 is 2.50 bits per heavy atom. The number of carbonyl (C=O) groups is 1. The van der Waals surface area contributed by atoms with Gasteiger partial charge in [-0.25, -0.2) is 0 Å². The average molecular weight is 309 g/mol. The highest BCUT2D eigenvalue weighted by Crippen LogP contribution is 2.21. The molecule has 5 heteroatoms. The van der Waals surface area contributed by atoms with E-state index in [0.717, 1.165) is 23.7 Å². The summed E-state index contributed by atoms with van der Waals surface area (Å²) in [5, 5.41) is 12.8. The van der Waals surface area contributed by atoms with E-state index < -0.39 is 0 Å². The lowest BCUT2D eigenvalue weighted by molar-refractivity contribution is -0.107. The van der Waals surface area contributed by atoms with Crippen molar-refractivity contribution in [3.63, 3.8) is 0 Å². The summed E-state index contributed by atoms with van der Waals surface area (Å²) >= 11 is 6.92. The molecule has 106 valence electrons. The maximum atomic E-state index is 11.7. The van der Waals surface area contributed by atoms with E-state index >= 15 is 0 Å². The summed E-state index contributed by atoms with van der Waals surface area (Å²) in [6.45, 7) is 3.80. The molecule has 0 aliphatic heterocycles. The fourth-order valence-corrected chi connectivity index (χ4v) is 2.36. The molecule has 0 radical (unpaired) electrons. The number of hydrogen-bond acceptors (Lipinski definition) is 4. The maximum Gasteiger partial charge on any atom is 0.231 e. The van der Waals surface area contributed by atoms with E-state index in [2.05, 4.69) is 5.32 Å². The van der Waals surface area contributed by atoms with E-state index in [1.807, 2.05) is 37.3 Å². The van der Waals surface area contributed by atoms with Crippen molar-refractivity contribution in [3.05, 3.63) is 46.1 Å². The third-order valence-corrected chi connectivity index (χ3v) is 3.77. The molecule has 0 fully saturated rings. The van der Waals surface area contributed by atoms with Crippen molar-refractivity contribution in [2.75, 3.05) is 6.26 Å². The van der Waals surface area contributed by atoms with Crippen molar-refractivity contribution in [2.24, 2.45) is 0 Å². The minimum atomic E-state index is -0.219. The molecular weight excluding hydrogens is 292 g/mol. The smallest absolute Gasteiger partial charge is 0.231 e. The fraction of sp³-hybridized carbons (Fsp3) is 0.333. The minimum absolute atomic E-state index is 0.0465. The molecule has 1 aromatic rings. The van der Waals surface area contributed by atoms with Gasteiger partial charge in [0, 0.05) is 10.7 Å². The number of nitrogens with one attached hydrogen (secondary N) is 1. The largest absolute Gasteiger partial charge is 0.381 e. The molecule has 1 unspecified atom stereocenters. The van der Waals surface area contributed by atoms with Gasteiger partial charge in [0.15, 0.2) is 0 Å². The summed E-state index contributed by atoms with van der Waals surface area (Å²) in [4.78, 5) is 11.7. The van der Waals surface area contributed by atoms with Gasteiger partial charge in [-0.3, -0.25) is 4.79 Å². The average Bonchev–Trinajstić information content (AvgIpc) is 2.46. The van der Waals surface area contributed by atoms with Crippen LogP contribution < -0.4 is 5.32 Å². The molecule has 1 rings (SSSR count). The molecule has 0 amide bonds. The Hall–Kier alpha value is -1.44. The summed E-state index contributed by atoms with van der Waals surface area (Å²) in [6.07, 6.45) is 2.51. The summed E-state index contributed by atoms with van der Waals surface area (Å²) in [5.41, 5.74) is 1.85. The normalized spacial score (nSPS) is 13.2. The third kappa shape index (κ3) is 4.29. The van der Waals surface area contributed by atoms with Gasteiger partial charge in [0.25, 0.3) is 0 Å². The van der Waals surface area contributed by atoms with Gasteiger partial charge in [-0.2, -0.15) is 5.26 Å². The third-order valence-electron chi connectivity index (χ3n) is 2.95. The standard InChI is InChI=1S/C15H17ClN2OS/c1-4-14(11-5-7-12(16)8-6-11)18-10(2)13(9-17)15(19)20-3/h5-8,14,18H,4H2,1-3H3/b13-10+. The number of carbonyl (C=O) groups excluding carboxylic acids is 1. The van der Waals surface area contributed by atoms with Crippen LogP contribution in [0.4, 0.5) is 0 Å². The number of rotatable bonds is 5. The zero-order chi connectivity index (χ0) is 15.1. The molecule has 0 bridgehead atoms. The second-order valence-corrected chi connectivity index (χ2v) is 5.48. The zero-order valence-corrected chi connectivity index (χ0v) is 13.3. The quantitative estimate of drug-likeness (QED) is 0.658. The van der Waals surface area contributed by atoms with Crippen LogP contribution in [0.2, 0.25) is 5.02 Å². The fourth-order valence-electron chi connectivity index (χ4n) is 1.83. The van der Waals surface area contributed by atoms with E-state index in [-0.39, 0.29) is 16.7 Å². The predicted octanol–water partition coefficient (Wildman–Crippen LogP) is 4.07. The number of halogens is 1. The number of allylic oxidation sites excluding steroid dienone is 1. The molecule has 1 atom stereocenters. The molecule has 20 heavy (non-hydrogen) atoms. The Kier molecular flexibility index (Phi) is 6.63. The van der Waals surface area contributed by atoms with E-state index in [1.165, 1.54) is 0 Å². The number of thioether (sulfide) groups is 1. The summed E-state index contributed by atoms with van der Waals surface area (Å²) in [6, 6.07) is 9.57. The first kappa shape index (κ1) is 16.6. The number of nitrogens with zero attached hydrogens (tertiary/aromatic N) is 1. The van der Waals surface area contributed by atoms with Gasteiger partial charge in [0.2, 0.25) is 5.12 Å². The van der Waals surface area contributed by atoms with Gasteiger partial charge in [-0.1, -0.05) is 42.4 Å². The van der Waals surface area contributed by atoms with Crippen molar-refractivity contribution in [2.45, 2.75) is 26.3 Å². The van der Waals surface area contributed by atoms with E-state index in [0.29, 0.717) is 10.7 Å². The molecule has 1 aromatic carbocycles. The van der Waals surface area contributed by atoms with Crippen LogP contribution in [0.3, 0.4) is 0 Å². The lowest BCUT2D eigenvalue weighted by atomic mass is 10.0. The van der Waals surface area contributed by atoms with Crippen LogP contribution in [-0.4, -0.2) is 11.4 Å². The van der Waals surface area contributed by atoms with Gasteiger partial charge in [-0.15, -0.1) is 0 Å². The highest BCUT2D eigenvalue weighted by Gasteiger charge is 2.15. The number of hydrogen-bond donors (Lipinski definition) is 1. The van der Waals surface area contributed by atoms with Crippen LogP contribution >= 0.6 is 23.4 Å². The van der Waals surface area contributed by atoms with Gasteiger partial charge < -0.3 is 5.32 Å². The lowest BCUT2D eigenvalue weighted by Gasteiger charge is -2.20. The first-order valence-corrected chi connectivity index (χ1v) is 7.85. The first-order chi connectivity index (χ1) is 9.53. The van der Waals surface area contributed by atoms with E-state index in [1.54, 1.807) is 13.2 Å². The Morgan fingerprint density at radius 1 is 1.45 bits per heavy atom. The molecule has 1 N–H and O–H groups in total. The summed E-state index contributed by atoms with van der Waals surface area (Å²) in [7, 11) is 0. The SMILES string of the molecule is CCC(N/C(C)=C(\C#N)C(=O)SC)c1ccc(Cl)cc1. The molecule has 0 saturated heterocycles. The van der Waals surface area contributed by atoms with Crippen LogP contribution in [0.25, 0.3) is 0 Å². The second kappa shape index (κ2) is 7.98. The highest BCUT2D eigenvalue weighted by atomic mass is 35.5. The molecule has 3 nitrogen and oxygen atoms in total. The minimum Gasteiger partial charge on any atom is -0.381 e.